The first-order valence-electron chi connectivity index (χ1n) is 21.3. The molecule has 0 saturated carbocycles. The topological polar surface area (TPSA) is 13.1 Å². The Morgan fingerprint density at radius 2 is 0.911 bits per heavy atom. The molecule has 0 atom stereocenters. The summed E-state index contributed by atoms with van der Waals surface area (Å²) in [4.78, 5) is 0. The fourth-order valence-corrected chi connectivity index (χ4v) is 6.25. The van der Waals surface area contributed by atoms with Gasteiger partial charge in [0.2, 0.25) is 0 Å². The van der Waals surface area contributed by atoms with Crippen molar-refractivity contribution in [2.24, 2.45) is 0 Å². The third-order valence-electron chi connectivity index (χ3n) is 8.17. The van der Waals surface area contributed by atoms with Gasteiger partial charge in [-0.15, -0.1) is 0 Å². The Labute approximate surface area is 281 Å². The van der Waals surface area contributed by atoms with E-state index in [9.17, 15) is 1.37 Å². The van der Waals surface area contributed by atoms with Crippen LogP contribution in [0.5, 0.6) is 0 Å². The highest BCUT2D eigenvalue weighted by Gasteiger charge is 2.19. The van der Waals surface area contributed by atoms with Gasteiger partial charge in [0, 0.05) is 10.8 Å². The van der Waals surface area contributed by atoms with E-state index < -0.39 is 72.5 Å². The van der Waals surface area contributed by atoms with Gasteiger partial charge in [0.25, 0.3) is 0 Å². The second kappa shape index (κ2) is 10.4. The molecular formula is C44H28O. The van der Waals surface area contributed by atoms with Gasteiger partial charge in [-0.25, -0.2) is 0 Å². The molecule has 0 saturated heterocycles. The summed E-state index contributed by atoms with van der Waals surface area (Å²) in [7, 11) is 0. The molecule has 0 spiro atoms. The maximum absolute atomic E-state index is 9.28. The molecule has 210 valence electrons. The number of rotatable bonds is 4. The Kier molecular flexibility index (Phi) is 3.50. The van der Waals surface area contributed by atoms with Gasteiger partial charge in [-0.2, -0.15) is 0 Å². The molecule has 9 rings (SSSR count). The van der Waals surface area contributed by atoms with Crippen molar-refractivity contribution < 1.29 is 23.6 Å². The minimum atomic E-state index is -0.629. The summed E-state index contributed by atoms with van der Waals surface area (Å²) in [5.41, 5.74) is 2.97. The third-order valence-corrected chi connectivity index (χ3v) is 8.17. The zero-order chi connectivity index (χ0) is 41.9. The monoisotopic (exact) mass is 586 g/mol. The first-order chi connectivity index (χ1) is 28.1. The molecule has 0 aliphatic carbocycles. The maximum Gasteiger partial charge on any atom is 0.136 e. The van der Waals surface area contributed by atoms with Crippen molar-refractivity contribution in [3.63, 3.8) is 0 Å². The van der Waals surface area contributed by atoms with E-state index in [1.54, 1.807) is 30.3 Å². The SMILES string of the molecule is [2H]c1c([2H])c([2H])c(-c2ccc3oc4cc(-c5c6ccccc6c(-c6c([2H])c([2H])c([2H])c([2H])c6-c6c([2H])c([2H])c([2H])c([2H])c6[2H])c6ccccc56)ccc4c3c2)c([2H])c1[2H]. The normalized spacial score (nSPS) is 15.9. The Morgan fingerprint density at radius 3 is 1.58 bits per heavy atom. The summed E-state index contributed by atoms with van der Waals surface area (Å²) in [6.45, 7) is 0. The van der Waals surface area contributed by atoms with E-state index in [0.29, 0.717) is 49.2 Å². The summed E-state index contributed by atoms with van der Waals surface area (Å²) < 4.78 is 126. The molecule has 0 unspecified atom stereocenters. The molecule has 0 amide bonds. The van der Waals surface area contributed by atoms with Crippen LogP contribution in [0.2, 0.25) is 0 Å². The van der Waals surface area contributed by atoms with Crippen molar-refractivity contribution in [1.29, 1.82) is 0 Å². The number of hydrogen-bond donors (Lipinski definition) is 0. The van der Waals surface area contributed by atoms with Gasteiger partial charge < -0.3 is 4.42 Å². The van der Waals surface area contributed by atoms with Crippen LogP contribution < -0.4 is 0 Å². The molecule has 0 aliphatic rings. The highest BCUT2D eigenvalue weighted by atomic mass is 16.3. The lowest BCUT2D eigenvalue weighted by Gasteiger charge is -2.19. The van der Waals surface area contributed by atoms with E-state index >= 15 is 0 Å². The van der Waals surface area contributed by atoms with Crippen LogP contribution >= 0.6 is 0 Å². The molecule has 0 radical (unpaired) electrons. The average Bonchev–Trinajstić information content (AvgIpc) is 3.61. The van der Waals surface area contributed by atoms with Gasteiger partial charge in [0.05, 0.1) is 19.2 Å². The quantitative estimate of drug-likeness (QED) is 0.187. The number of benzene rings is 8. The fraction of sp³-hybridized carbons (Fsp3) is 0. The molecule has 0 aliphatic heterocycles. The van der Waals surface area contributed by atoms with E-state index in [1.165, 1.54) is 0 Å². The number of hydrogen-bond acceptors (Lipinski definition) is 1. The van der Waals surface area contributed by atoms with E-state index in [-0.39, 0.29) is 34.3 Å². The van der Waals surface area contributed by atoms with Crippen molar-refractivity contribution in [3.8, 4) is 44.5 Å². The Hall–Kier alpha value is -5.92. The molecule has 9 aromatic rings. The summed E-state index contributed by atoms with van der Waals surface area (Å²) in [5.74, 6) is 0. The van der Waals surface area contributed by atoms with Crippen LogP contribution in [0.15, 0.2) is 174 Å². The fourth-order valence-electron chi connectivity index (χ4n) is 6.25. The maximum atomic E-state index is 9.28. The number of fused-ring (bicyclic) bond motifs is 5. The zero-order valence-corrected chi connectivity index (χ0v) is 23.5. The Bertz CT molecular complexity index is 3220. The molecule has 45 heavy (non-hydrogen) atoms. The second-order valence-corrected chi connectivity index (χ2v) is 10.6. The predicted octanol–water partition coefficient (Wildman–Crippen LogP) is 12.6. The molecule has 0 N–H and O–H groups in total. The van der Waals surface area contributed by atoms with Gasteiger partial charge in [-0.3, -0.25) is 0 Å². The van der Waals surface area contributed by atoms with Crippen LogP contribution in [0.25, 0.3) is 88.0 Å². The summed E-state index contributed by atoms with van der Waals surface area (Å²) in [6.07, 6.45) is 0. The summed E-state index contributed by atoms with van der Waals surface area (Å²) >= 11 is 0. The van der Waals surface area contributed by atoms with Gasteiger partial charge in [-0.05, 0) is 90.3 Å². The third kappa shape index (κ3) is 4.17. The van der Waals surface area contributed by atoms with E-state index in [4.69, 9.17) is 22.2 Å². The Morgan fingerprint density at radius 1 is 0.356 bits per heavy atom. The first-order valence-corrected chi connectivity index (χ1v) is 14.3. The van der Waals surface area contributed by atoms with Crippen molar-refractivity contribution in [2.45, 2.75) is 0 Å². The number of furan rings is 1. The van der Waals surface area contributed by atoms with E-state index in [1.807, 2.05) is 54.6 Å². The predicted molar refractivity (Wildman–Crippen MR) is 190 cm³/mol. The van der Waals surface area contributed by atoms with E-state index in [2.05, 4.69) is 0 Å². The highest BCUT2D eigenvalue weighted by molar-refractivity contribution is 6.23. The van der Waals surface area contributed by atoms with Crippen LogP contribution in [0.3, 0.4) is 0 Å². The summed E-state index contributed by atoms with van der Waals surface area (Å²) in [5, 5.41) is 4.01. The molecule has 8 aromatic carbocycles. The lowest BCUT2D eigenvalue weighted by molar-refractivity contribution is 0.669. The molecular weight excluding hydrogens is 544 g/mol. The zero-order valence-electron chi connectivity index (χ0n) is 37.5. The van der Waals surface area contributed by atoms with Crippen molar-refractivity contribution in [2.75, 3.05) is 0 Å². The van der Waals surface area contributed by atoms with Crippen LogP contribution in [0.4, 0.5) is 0 Å². The van der Waals surface area contributed by atoms with Crippen molar-refractivity contribution in [1.82, 2.24) is 0 Å². The highest BCUT2D eigenvalue weighted by Crippen LogP contribution is 2.46. The van der Waals surface area contributed by atoms with Crippen LogP contribution in [0.1, 0.15) is 19.2 Å². The van der Waals surface area contributed by atoms with Crippen molar-refractivity contribution in [3.05, 3.63) is 170 Å². The minimum absolute atomic E-state index is 0.00358. The van der Waals surface area contributed by atoms with E-state index in [0.717, 1.165) is 16.5 Å². The van der Waals surface area contributed by atoms with Gasteiger partial charge in [-0.1, -0.05) is 145 Å². The van der Waals surface area contributed by atoms with Gasteiger partial charge in [0.1, 0.15) is 11.2 Å². The average molecular weight is 587 g/mol. The van der Waals surface area contributed by atoms with Crippen LogP contribution in [-0.4, -0.2) is 0 Å². The molecule has 0 bridgehead atoms. The minimum Gasteiger partial charge on any atom is -0.456 e. The molecule has 1 heterocycles. The first kappa shape index (κ1) is 15.2. The van der Waals surface area contributed by atoms with Gasteiger partial charge in [0.15, 0.2) is 0 Å². The lowest BCUT2D eigenvalue weighted by atomic mass is 9.84. The standard InChI is InChI=1S/C44H28O/c1-3-13-29(14-4-1)31-24-26-41-40(27-31)34-25-23-32(28-42(34)45-41)43-36-19-9-11-21-38(36)44(39-22-12-10-20-37(39)43)35-18-8-7-17-33(35)30-15-5-2-6-16-30/h1-28H/i1D,2D,3D,4D,5D,6D,7D,8D,13D,14D,15D,16D,17D,18D. The van der Waals surface area contributed by atoms with Crippen molar-refractivity contribution >= 4 is 43.5 Å². The molecule has 1 aromatic heterocycles. The molecule has 0 fully saturated rings. The van der Waals surface area contributed by atoms with Gasteiger partial charge >= 0.3 is 0 Å². The lowest BCUT2D eigenvalue weighted by Crippen LogP contribution is -1.92. The van der Waals surface area contributed by atoms with Crippen LogP contribution in [0, 0.1) is 0 Å². The smallest absolute Gasteiger partial charge is 0.136 e. The molecule has 1 heteroatoms. The largest absolute Gasteiger partial charge is 0.456 e. The summed E-state index contributed by atoms with van der Waals surface area (Å²) in [6, 6.07) is 18.5. The molecule has 1 nitrogen and oxygen atoms in total. The Balaban J connectivity index is 1.32. The second-order valence-electron chi connectivity index (χ2n) is 10.6. The van der Waals surface area contributed by atoms with Crippen LogP contribution in [-0.2, 0) is 0 Å².